The Kier molecular flexibility index (Phi) is 6.23. The van der Waals surface area contributed by atoms with E-state index < -0.39 is 27.7 Å². The molecule has 7 nitrogen and oxygen atoms in total. The van der Waals surface area contributed by atoms with Gasteiger partial charge in [0.1, 0.15) is 0 Å². The number of nitrogens with one attached hydrogen (secondary N) is 1. The highest BCUT2D eigenvalue weighted by molar-refractivity contribution is 7.89. The summed E-state index contributed by atoms with van der Waals surface area (Å²) in [6.07, 6.45) is 0.0250. The van der Waals surface area contributed by atoms with Crippen LogP contribution in [-0.4, -0.2) is 43.3 Å². The fourth-order valence-corrected chi connectivity index (χ4v) is 3.89. The Labute approximate surface area is 164 Å². The number of rotatable bonds is 7. The lowest BCUT2D eigenvalue weighted by atomic mass is 10.0. The molecule has 1 N–H and O–H groups in total. The second kappa shape index (κ2) is 8.10. The van der Waals surface area contributed by atoms with Crippen LogP contribution in [0.3, 0.4) is 0 Å². The van der Waals surface area contributed by atoms with Crippen LogP contribution in [0, 0.1) is 13.8 Å². The summed E-state index contributed by atoms with van der Waals surface area (Å²) in [5.74, 6) is -1.53. The fraction of sp³-hybridized carbons (Fsp3) is 0.350. The molecule has 0 saturated heterocycles. The van der Waals surface area contributed by atoms with E-state index in [9.17, 15) is 22.8 Å². The van der Waals surface area contributed by atoms with Crippen molar-refractivity contribution in [1.29, 1.82) is 0 Å². The highest BCUT2D eigenvalue weighted by atomic mass is 32.2. The first-order valence-corrected chi connectivity index (χ1v) is 10.7. The summed E-state index contributed by atoms with van der Waals surface area (Å²) in [7, 11) is -3.24. The zero-order valence-electron chi connectivity index (χ0n) is 16.5. The molecule has 0 spiro atoms. The number of esters is 1. The number of aryl methyl sites for hydroxylation is 1. The van der Waals surface area contributed by atoms with Crippen molar-refractivity contribution >= 4 is 27.4 Å². The summed E-state index contributed by atoms with van der Waals surface area (Å²) in [4.78, 5) is 39.7. The van der Waals surface area contributed by atoms with Crippen molar-refractivity contribution in [3.8, 4) is 0 Å². The van der Waals surface area contributed by atoms with E-state index in [0.717, 1.165) is 6.26 Å². The third kappa shape index (κ3) is 4.95. The van der Waals surface area contributed by atoms with Crippen molar-refractivity contribution in [3.63, 3.8) is 0 Å². The number of benzene rings is 1. The first-order chi connectivity index (χ1) is 12.9. The van der Waals surface area contributed by atoms with Crippen molar-refractivity contribution in [2.45, 2.75) is 39.6 Å². The van der Waals surface area contributed by atoms with E-state index in [1.807, 2.05) is 0 Å². The van der Waals surface area contributed by atoms with Gasteiger partial charge in [-0.2, -0.15) is 0 Å². The van der Waals surface area contributed by atoms with Crippen molar-refractivity contribution < 1.29 is 27.5 Å². The van der Waals surface area contributed by atoms with Gasteiger partial charge in [-0.25, -0.2) is 13.2 Å². The predicted octanol–water partition coefficient (Wildman–Crippen LogP) is 2.81. The molecule has 8 heteroatoms. The number of H-pyrrole nitrogens is 1. The zero-order chi connectivity index (χ0) is 21.2. The van der Waals surface area contributed by atoms with Gasteiger partial charge in [-0.3, -0.25) is 9.59 Å². The van der Waals surface area contributed by atoms with Crippen LogP contribution >= 0.6 is 0 Å². The number of aromatic amines is 1. The largest absolute Gasteiger partial charge is 0.451 e. The molecule has 150 valence electrons. The molecule has 1 heterocycles. The molecular formula is C20H23NO6S. The Balaban J connectivity index is 2.19. The molecule has 0 aliphatic rings. The van der Waals surface area contributed by atoms with Crippen LogP contribution in [-0.2, 0) is 20.3 Å². The standard InChI is InChI=1S/C20H23NO6S/c1-11-17(13(3)22)12(2)21-18(11)19(23)14(4)27-20(24)16-8-6-7-15(9-16)10-28(5,25)26/h6-9,14,21H,10H2,1-5H3/t14-/m0/s1. The number of carbonyl (C=O) groups excluding carboxylic acids is 3. The van der Waals surface area contributed by atoms with Gasteiger partial charge in [0.25, 0.3) is 0 Å². The Bertz CT molecular complexity index is 1050. The Morgan fingerprint density at radius 3 is 2.36 bits per heavy atom. The summed E-state index contributed by atoms with van der Waals surface area (Å²) in [6, 6.07) is 6.07. The van der Waals surface area contributed by atoms with Gasteiger partial charge in [-0.05, 0) is 51.0 Å². The van der Waals surface area contributed by atoms with E-state index in [-0.39, 0.29) is 22.8 Å². The Morgan fingerprint density at radius 1 is 1.18 bits per heavy atom. The normalized spacial score (nSPS) is 12.5. The summed E-state index contributed by atoms with van der Waals surface area (Å²) < 4.78 is 28.1. The van der Waals surface area contributed by atoms with Crippen LogP contribution in [0.25, 0.3) is 0 Å². The number of Topliss-reactive ketones (excluding diaryl/α,β-unsaturated/α-hetero) is 2. The number of sulfone groups is 1. The van der Waals surface area contributed by atoms with Crippen molar-refractivity contribution in [3.05, 3.63) is 57.9 Å². The quantitative estimate of drug-likeness (QED) is 0.560. The van der Waals surface area contributed by atoms with E-state index in [0.29, 0.717) is 22.4 Å². The first kappa shape index (κ1) is 21.6. The van der Waals surface area contributed by atoms with Gasteiger partial charge in [0.05, 0.1) is 17.0 Å². The SMILES string of the molecule is CC(=O)c1c(C)[nH]c(C(=O)[C@H](C)OC(=O)c2cccc(CS(C)(=O)=O)c2)c1C. The summed E-state index contributed by atoms with van der Waals surface area (Å²) in [5.41, 5.74) is 2.40. The summed E-state index contributed by atoms with van der Waals surface area (Å²) in [6.45, 7) is 6.23. The second-order valence-corrected chi connectivity index (χ2v) is 9.00. The maximum Gasteiger partial charge on any atom is 0.338 e. The van der Waals surface area contributed by atoms with Gasteiger partial charge >= 0.3 is 5.97 Å². The third-order valence-electron chi connectivity index (χ3n) is 4.28. The average Bonchev–Trinajstić information content (AvgIpc) is 2.87. The second-order valence-electron chi connectivity index (χ2n) is 6.86. The van der Waals surface area contributed by atoms with Crippen molar-refractivity contribution in [2.75, 3.05) is 6.26 Å². The van der Waals surface area contributed by atoms with Crippen LogP contribution in [0.2, 0.25) is 0 Å². The lowest BCUT2D eigenvalue weighted by Gasteiger charge is -2.13. The maximum absolute atomic E-state index is 12.7. The minimum absolute atomic E-state index is 0.155. The molecular weight excluding hydrogens is 382 g/mol. The smallest absolute Gasteiger partial charge is 0.338 e. The van der Waals surface area contributed by atoms with E-state index in [1.165, 1.54) is 26.0 Å². The average molecular weight is 405 g/mol. The minimum Gasteiger partial charge on any atom is -0.451 e. The molecule has 1 aromatic carbocycles. The van der Waals surface area contributed by atoms with Crippen molar-refractivity contribution in [2.24, 2.45) is 0 Å². The molecule has 2 rings (SSSR count). The molecule has 0 amide bonds. The fourth-order valence-electron chi connectivity index (χ4n) is 3.10. The molecule has 1 aromatic heterocycles. The lowest BCUT2D eigenvalue weighted by Crippen LogP contribution is -2.25. The number of hydrogen-bond acceptors (Lipinski definition) is 6. The monoisotopic (exact) mass is 405 g/mol. The first-order valence-electron chi connectivity index (χ1n) is 8.62. The number of hydrogen-bond donors (Lipinski definition) is 1. The van der Waals surface area contributed by atoms with Gasteiger partial charge in [0.2, 0.25) is 5.78 Å². The highest BCUT2D eigenvalue weighted by Crippen LogP contribution is 2.21. The van der Waals surface area contributed by atoms with Gasteiger partial charge < -0.3 is 9.72 Å². The van der Waals surface area contributed by atoms with Gasteiger partial charge in [-0.1, -0.05) is 12.1 Å². The Morgan fingerprint density at radius 2 is 1.82 bits per heavy atom. The molecule has 28 heavy (non-hydrogen) atoms. The molecule has 0 aliphatic heterocycles. The summed E-state index contributed by atoms with van der Waals surface area (Å²) >= 11 is 0. The topological polar surface area (TPSA) is 110 Å². The van der Waals surface area contributed by atoms with Gasteiger partial charge in [0.15, 0.2) is 21.7 Å². The van der Waals surface area contributed by atoms with Crippen LogP contribution in [0.15, 0.2) is 24.3 Å². The van der Waals surface area contributed by atoms with E-state index in [1.54, 1.807) is 26.0 Å². The van der Waals surface area contributed by atoms with Crippen LogP contribution in [0.1, 0.15) is 61.9 Å². The maximum atomic E-state index is 12.7. The van der Waals surface area contributed by atoms with Crippen LogP contribution in [0.5, 0.6) is 0 Å². The number of aromatic nitrogens is 1. The van der Waals surface area contributed by atoms with Crippen molar-refractivity contribution in [1.82, 2.24) is 4.98 Å². The van der Waals surface area contributed by atoms with Crippen LogP contribution in [0.4, 0.5) is 0 Å². The predicted molar refractivity (Wildman–Crippen MR) is 104 cm³/mol. The summed E-state index contributed by atoms with van der Waals surface area (Å²) in [5, 5.41) is 0. The molecule has 0 radical (unpaired) electrons. The third-order valence-corrected chi connectivity index (χ3v) is 5.14. The molecule has 0 fully saturated rings. The molecule has 0 unspecified atom stereocenters. The molecule has 0 saturated carbocycles. The lowest BCUT2D eigenvalue weighted by molar-refractivity contribution is 0.0317. The number of ketones is 2. The van der Waals surface area contributed by atoms with E-state index in [2.05, 4.69) is 4.98 Å². The van der Waals surface area contributed by atoms with Gasteiger partial charge in [-0.15, -0.1) is 0 Å². The molecule has 2 aromatic rings. The van der Waals surface area contributed by atoms with Gasteiger partial charge in [0, 0.05) is 17.5 Å². The van der Waals surface area contributed by atoms with E-state index in [4.69, 9.17) is 4.74 Å². The van der Waals surface area contributed by atoms with Crippen LogP contribution < -0.4 is 0 Å². The zero-order valence-corrected chi connectivity index (χ0v) is 17.3. The van der Waals surface area contributed by atoms with E-state index >= 15 is 0 Å². The molecule has 1 atom stereocenters. The molecule has 0 bridgehead atoms. The molecule has 0 aliphatic carbocycles. The number of ether oxygens (including phenoxy) is 1. The number of carbonyl (C=O) groups is 3. The highest BCUT2D eigenvalue weighted by Gasteiger charge is 2.26. The minimum atomic E-state index is -3.24. The Hall–Kier alpha value is -2.74.